The Kier molecular flexibility index (Phi) is 4.93. The average Bonchev–Trinajstić information content (AvgIpc) is 3.01. The largest absolute Gasteiger partial charge is 0.454 e. The van der Waals surface area contributed by atoms with Crippen LogP contribution in [0.4, 0.5) is 0 Å². The van der Waals surface area contributed by atoms with E-state index in [2.05, 4.69) is 0 Å². The van der Waals surface area contributed by atoms with Gasteiger partial charge in [-0.3, -0.25) is 4.79 Å². The lowest BCUT2D eigenvalue weighted by Crippen LogP contribution is -2.16. The molecule has 0 aliphatic carbocycles. The smallest absolute Gasteiger partial charge is 0.231 e. The van der Waals surface area contributed by atoms with Crippen LogP contribution in [0, 0.1) is 0 Å². The van der Waals surface area contributed by atoms with E-state index in [-0.39, 0.29) is 19.0 Å². The number of carbonyl (C=O) groups excluding carboxylic acids is 1. The van der Waals surface area contributed by atoms with Crippen LogP contribution in [0.1, 0.15) is 24.0 Å². The van der Waals surface area contributed by atoms with E-state index >= 15 is 0 Å². The Hall–Kier alpha value is -2.33. The van der Waals surface area contributed by atoms with Gasteiger partial charge in [-0.15, -0.1) is 0 Å². The first-order chi connectivity index (χ1) is 11.2. The Labute approximate surface area is 135 Å². The van der Waals surface area contributed by atoms with Gasteiger partial charge in [0, 0.05) is 12.8 Å². The summed E-state index contributed by atoms with van der Waals surface area (Å²) in [6, 6.07) is 15.4. The molecule has 1 atom stereocenters. The third kappa shape index (κ3) is 4.33. The average molecular weight is 312 g/mol. The summed E-state index contributed by atoms with van der Waals surface area (Å²) in [5.41, 5.74) is 2.09. The van der Waals surface area contributed by atoms with E-state index in [9.17, 15) is 9.90 Å². The summed E-state index contributed by atoms with van der Waals surface area (Å²) >= 11 is 0. The molecule has 1 heterocycles. The van der Waals surface area contributed by atoms with Crippen molar-refractivity contribution in [3.63, 3.8) is 0 Å². The second-order valence-electron chi connectivity index (χ2n) is 5.77. The second-order valence-corrected chi connectivity index (χ2v) is 5.77. The van der Waals surface area contributed by atoms with Crippen LogP contribution in [0.5, 0.6) is 11.5 Å². The summed E-state index contributed by atoms with van der Waals surface area (Å²) in [4.78, 5) is 12.0. The predicted octanol–water partition coefficient (Wildman–Crippen LogP) is 2.91. The first kappa shape index (κ1) is 15.6. The van der Waals surface area contributed by atoms with E-state index in [0.29, 0.717) is 19.3 Å². The lowest BCUT2D eigenvalue weighted by atomic mass is 10.00. The van der Waals surface area contributed by atoms with Gasteiger partial charge < -0.3 is 14.6 Å². The highest BCUT2D eigenvalue weighted by atomic mass is 16.7. The highest BCUT2D eigenvalue weighted by Gasteiger charge is 2.15. The normalized spacial score (nSPS) is 13.8. The lowest BCUT2D eigenvalue weighted by molar-refractivity contribution is -0.120. The molecule has 3 rings (SSSR count). The quantitative estimate of drug-likeness (QED) is 0.854. The van der Waals surface area contributed by atoms with E-state index in [1.54, 1.807) is 0 Å². The number of carbonyl (C=O) groups is 1. The van der Waals surface area contributed by atoms with Gasteiger partial charge in [0.25, 0.3) is 0 Å². The Balaban J connectivity index is 1.46. The van der Waals surface area contributed by atoms with Crippen LogP contribution in [0.25, 0.3) is 0 Å². The zero-order valence-corrected chi connectivity index (χ0v) is 12.9. The van der Waals surface area contributed by atoms with Crippen molar-refractivity contribution < 1.29 is 19.4 Å². The molecule has 2 aromatic carbocycles. The van der Waals surface area contributed by atoms with Crippen molar-refractivity contribution >= 4 is 5.78 Å². The molecule has 0 amide bonds. The van der Waals surface area contributed by atoms with Crippen LogP contribution in [-0.4, -0.2) is 23.8 Å². The molecule has 1 unspecified atom stereocenters. The molecule has 0 saturated carbocycles. The number of rotatable bonds is 7. The molecular formula is C19H20O4. The fraction of sp³-hybridized carbons (Fsp3) is 0.316. The van der Waals surface area contributed by atoms with Crippen molar-refractivity contribution in [3.05, 3.63) is 59.7 Å². The number of Topliss-reactive ketones (excluding diaryl/α,β-unsaturated/α-hetero) is 1. The summed E-state index contributed by atoms with van der Waals surface area (Å²) < 4.78 is 10.6. The summed E-state index contributed by atoms with van der Waals surface area (Å²) in [7, 11) is 0. The SMILES string of the molecule is O=C(CCc1ccc2c(c1)OCO2)CC(O)Cc1ccccc1. The van der Waals surface area contributed by atoms with Crippen molar-refractivity contribution in [1.82, 2.24) is 0 Å². The summed E-state index contributed by atoms with van der Waals surface area (Å²) in [5.74, 6) is 1.56. The zero-order chi connectivity index (χ0) is 16.1. The number of hydrogen-bond donors (Lipinski definition) is 1. The third-order valence-electron chi connectivity index (χ3n) is 3.91. The van der Waals surface area contributed by atoms with E-state index in [1.807, 2.05) is 48.5 Å². The standard InChI is InChI=1S/C19H20O4/c20-16(12-17(21)10-14-4-2-1-3-5-14)8-6-15-7-9-18-19(11-15)23-13-22-18/h1-5,7,9,11,17,21H,6,8,10,12-13H2. The Morgan fingerprint density at radius 3 is 2.65 bits per heavy atom. The second kappa shape index (κ2) is 7.29. The topological polar surface area (TPSA) is 55.8 Å². The number of fused-ring (bicyclic) bond motifs is 1. The van der Waals surface area contributed by atoms with E-state index < -0.39 is 6.10 Å². The van der Waals surface area contributed by atoms with Gasteiger partial charge in [-0.05, 0) is 36.1 Å². The van der Waals surface area contributed by atoms with Crippen LogP contribution in [-0.2, 0) is 17.6 Å². The number of aryl methyl sites for hydroxylation is 1. The van der Waals surface area contributed by atoms with Crippen LogP contribution >= 0.6 is 0 Å². The molecule has 2 aromatic rings. The van der Waals surface area contributed by atoms with Crippen molar-refractivity contribution in [2.24, 2.45) is 0 Å². The molecule has 120 valence electrons. The maximum Gasteiger partial charge on any atom is 0.231 e. The predicted molar refractivity (Wildman–Crippen MR) is 86.7 cm³/mol. The summed E-state index contributed by atoms with van der Waals surface area (Å²) in [6.45, 7) is 0.253. The third-order valence-corrected chi connectivity index (χ3v) is 3.91. The van der Waals surface area contributed by atoms with Gasteiger partial charge in [-0.25, -0.2) is 0 Å². The Bertz CT molecular complexity index is 666. The molecule has 0 saturated heterocycles. The number of hydrogen-bond acceptors (Lipinski definition) is 4. The first-order valence-electron chi connectivity index (χ1n) is 7.83. The van der Waals surface area contributed by atoms with Crippen molar-refractivity contribution in [1.29, 1.82) is 0 Å². The molecule has 1 aliphatic rings. The molecule has 0 fully saturated rings. The maximum absolute atomic E-state index is 12.0. The lowest BCUT2D eigenvalue weighted by Gasteiger charge is -2.10. The van der Waals surface area contributed by atoms with Gasteiger partial charge in [0.2, 0.25) is 6.79 Å². The molecule has 1 aliphatic heterocycles. The molecule has 0 spiro atoms. The molecule has 4 nitrogen and oxygen atoms in total. The van der Waals surface area contributed by atoms with Crippen molar-refractivity contribution in [2.75, 3.05) is 6.79 Å². The van der Waals surface area contributed by atoms with Gasteiger partial charge in [-0.1, -0.05) is 36.4 Å². The molecule has 4 heteroatoms. The van der Waals surface area contributed by atoms with Gasteiger partial charge in [-0.2, -0.15) is 0 Å². The fourth-order valence-corrected chi connectivity index (χ4v) is 2.70. The molecule has 23 heavy (non-hydrogen) atoms. The zero-order valence-electron chi connectivity index (χ0n) is 12.9. The minimum Gasteiger partial charge on any atom is -0.454 e. The number of aliphatic hydroxyl groups excluding tert-OH is 1. The Morgan fingerprint density at radius 2 is 1.83 bits per heavy atom. The van der Waals surface area contributed by atoms with Gasteiger partial charge in [0.05, 0.1) is 6.10 Å². The van der Waals surface area contributed by atoms with Crippen molar-refractivity contribution in [2.45, 2.75) is 31.8 Å². The van der Waals surface area contributed by atoms with Crippen LogP contribution in [0.2, 0.25) is 0 Å². The number of aliphatic hydroxyl groups is 1. The Morgan fingerprint density at radius 1 is 1.04 bits per heavy atom. The maximum atomic E-state index is 12.0. The minimum absolute atomic E-state index is 0.0751. The molecule has 1 N–H and O–H groups in total. The van der Waals surface area contributed by atoms with E-state index in [0.717, 1.165) is 22.6 Å². The van der Waals surface area contributed by atoms with Crippen LogP contribution < -0.4 is 9.47 Å². The number of benzene rings is 2. The monoisotopic (exact) mass is 312 g/mol. The molecule has 0 radical (unpaired) electrons. The van der Waals surface area contributed by atoms with Gasteiger partial charge in [0.1, 0.15) is 5.78 Å². The van der Waals surface area contributed by atoms with Gasteiger partial charge in [0.15, 0.2) is 11.5 Å². The van der Waals surface area contributed by atoms with Crippen LogP contribution in [0.15, 0.2) is 48.5 Å². The summed E-state index contributed by atoms with van der Waals surface area (Å²) in [6.07, 6.45) is 1.15. The molecular weight excluding hydrogens is 292 g/mol. The highest BCUT2D eigenvalue weighted by Crippen LogP contribution is 2.32. The molecule has 0 bridgehead atoms. The minimum atomic E-state index is -0.623. The van der Waals surface area contributed by atoms with Crippen LogP contribution in [0.3, 0.4) is 0 Å². The fourth-order valence-electron chi connectivity index (χ4n) is 2.70. The van der Waals surface area contributed by atoms with Gasteiger partial charge >= 0.3 is 0 Å². The van der Waals surface area contributed by atoms with Crippen molar-refractivity contribution in [3.8, 4) is 11.5 Å². The first-order valence-corrected chi connectivity index (χ1v) is 7.83. The summed E-state index contributed by atoms with van der Waals surface area (Å²) in [5, 5.41) is 10.0. The number of ketones is 1. The van der Waals surface area contributed by atoms with E-state index in [4.69, 9.17) is 9.47 Å². The molecule has 0 aromatic heterocycles. The van der Waals surface area contributed by atoms with E-state index in [1.165, 1.54) is 0 Å². The highest BCUT2D eigenvalue weighted by molar-refractivity contribution is 5.79. The number of ether oxygens (including phenoxy) is 2.